The average Bonchev–Trinajstić information content (AvgIpc) is 3.27. The fraction of sp³-hybridized carbons (Fsp3) is 0.733. The fourth-order valence-electron chi connectivity index (χ4n) is 7.98. The van der Waals surface area contributed by atoms with Crippen LogP contribution in [0, 0.1) is 23.7 Å². The third kappa shape index (κ3) is 4.26. The third-order valence-corrected chi connectivity index (χ3v) is 10.9. The second kappa shape index (κ2) is 11.4. The van der Waals surface area contributed by atoms with Crippen LogP contribution in [0.1, 0.15) is 65.2 Å². The van der Waals surface area contributed by atoms with Gasteiger partial charge in [-0.05, 0) is 65.2 Å². The predicted molar refractivity (Wildman–Crippen MR) is 153 cm³/mol. The molecule has 0 aromatic carbocycles. The summed E-state index contributed by atoms with van der Waals surface area (Å²) >= 11 is 11.5. The number of aliphatic hydroxyl groups is 2. The van der Waals surface area contributed by atoms with Gasteiger partial charge in [0.15, 0.2) is 11.2 Å². The summed E-state index contributed by atoms with van der Waals surface area (Å²) in [5, 5.41) is 27.1. The van der Waals surface area contributed by atoms with Crippen LogP contribution in [0.5, 0.6) is 0 Å². The highest BCUT2D eigenvalue weighted by molar-refractivity contribution is 6.18. The molecule has 2 aliphatic carbocycles. The number of fused-ring (bicyclic) bond motifs is 2. The normalized spacial score (nSPS) is 42.8. The molecule has 0 bridgehead atoms. The monoisotopic (exact) mass is 626 g/mol. The molecule has 4 aliphatic heterocycles. The lowest BCUT2D eigenvalue weighted by Crippen LogP contribution is -2.80. The molecule has 4 fully saturated rings. The van der Waals surface area contributed by atoms with Crippen molar-refractivity contribution in [3.8, 4) is 0 Å². The Morgan fingerprint density at radius 3 is 1.45 bits per heavy atom. The first-order chi connectivity index (χ1) is 19.9. The maximum absolute atomic E-state index is 12.2. The van der Waals surface area contributed by atoms with Crippen LogP contribution in [0.2, 0.25) is 0 Å². The number of esters is 2. The van der Waals surface area contributed by atoms with Gasteiger partial charge < -0.3 is 30.3 Å². The molecule has 0 saturated carbocycles. The largest absolute Gasteiger partial charge is 0.453 e. The van der Waals surface area contributed by atoms with Gasteiger partial charge in [-0.3, -0.25) is 9.59 Å². The number of halogens is 2. The molecular weight excluding hydrogens is 587 g/mol. The minimum atomic E-state index is -1.33. The van der Waals surface area contributed by atoms with E-state index in [2.05, 4.69) is 10.6 Å². The van der Waals surface area contributed by atoms with E-state index in [0.717, 1.165) is 38.5 Å². The standard InChI is InChI=1S/2C15H20ClNO4/c2*1-14-10(7-8-16)12(19)17-15(14,13(20)21-14)11(18)9-5-3-2-4-6-9/h2*3,5,9-11,18H,2,4,6-8H2,1H3,(H,17,19)/t9?,10-,11?,14-,15-;9?,10-,11-,14-,15-/m10/s1. The maximum Gasteiger partial charge on any atom is 0.339 e. The Labute approximate surface area is 255 Å². The lowest BCUT2D eigenvalue weighted by atomic mass is 9.64. The van der Waals surface area contributed by atoms with Crippen molar-refractivity contribution in [2.24, 2.45) is 23.7 Å². The number of hydrogen-bond acceptors (Lipinski definition) is 8. The number of aliphatic hydroxyl groups excluding tert-OH is 2. The molecule has 12 heteroatoms. The third-order valence-electron chi connectivity index (χ3n) is 10.5. The molecule has 0 aromatic heterocycles. The number of nitrogens with one attached hydrogen (secondary N) is 2. The van der Waals surface area contributed by atoms with Gasteiger partial charge >= 0.3 is 11.9 Å². The van der Waals surface area contributed by atoms with E-state index in [1.165, 1.54) is 0 Å². The predicted octanol–water partition coefficient (Wildman–Crippen LogP) is 2.27. The van der Waals surface area contributed by atoms with Gasteiger partial charge in [-0.15, -0.1) is 23.2 Å². The Morgan fingerprint density at radius 1 is 0.786 bits per heavy atom. The molecule has 0 aromatic rings. The van der Waals surface area contributed by atoms with Gasteiger partial charge in [0.25, 0.3) is 0 Å². The number of ether oxygens (including phenoxy) is 2. The lowest BCUT2D eigenvalue weighted by Gasteiger charge is -2.54. The first-order valence-electron chi connectivity index (χ1n) is 14.9. The van der Waals surface area contributed by atoms with Crippen molar-refractivity contribution in [2.45, 2.75) is 99.7 Å². The van der Waals surface area contributed by atoms with Crippen LogP contribution < -0.4 is 10.6 Å². The molecule has 10 atom stereocenters. The molecule has 42 heavy (non-hydrogen) atoms. The van der Waals surface area contributed by atoms with Crippen molar-refractivity contribution in [1.29, 1.82) is 0 Å². The summed E-state index contributed by atoms with van der Waals surface area (Å²) in [6, 6.07) is 0. The van der Waals surface area contributed by atoms with Crippen molar-refractivity contribution >= 4 is 47.0 Å². The molecule has 3 unspecified atom stereocenters. The molecule has 0 spiro atoms. The average molecular weight is 628 g/mol. The number of allylic oxidation sites excluding steroid dienone is 2. The summed E-state index contributed by atoms with van der Waals surface area (Å²) in [4.78, 5) is 48.8. The second-order valence-electron chi connectivity index (χ2n) is 12.6. The smallest absolute Gasteiger partial charge is 0.339 e. The zero-order valence-corrected chi connectivity index (χ0v) is 25.5. The van der Waals surface area contributed by atoms with E-state index in [0.29, 0.717) is 24.6 Å². The van der Waals surface area contributed by atoms with Gasteiger partial charge in [-0.2, -0.15) is 0 Å². The van der Waals surface area contributed by atoms with E-state index in [9.17, 15) is 29.4 Å². The van der Waals surface area contributed by atoms with E-state index in [1.54, 1.807) is 13.8 Å². The van der Waals surface area contributed by atoms with Crippen LogP contribution in [0.15, 0.2) is 24.3 Å². The van der Waals surface area contributed by atoms with Crippen LogP contribution >= 0.6 is 23.2 Å². The number of hydrogen-bond donors (Lipinski definition) is 4. The molecule has 232 valence electrons. The SMILES string of the molecule is C[C@@]12OC(=O)[C@]1([C@@H](O)C1C=CCCC1)NC(=O)[C@@H]2CCCl.C[C@]12OC(=O)[C@@]1(C(O)C1C=CCCC1)NC(=O)[C@H]2CCCl. The minimum absolute atomic E-state index is 0.138. The number of carbonyl (C=O) groups excluding carboxylic acids is 4. The number of alkyl halides is 2. The number of amides is 2. The zero-order chi connectivity index (χ0) is 30.5. The van der Waals surface area contributed by atoms with Crippen LogP contribution in [0.25, 0.3) is 0 Å². The molecule has 4 saturated heterocycles. The van der Waals surface area contributed by atoms with Crippen molar-refractivity contribution < 1.29 is 38.9 Å². The Morgan fingerprint density at radius 2 is 1.17 bits per heavy atom. The van der Waals surface area contributed by atoms with E-state index >= 15 is 0 Å². The fourth-order valence-corrected chi connectivity index (χ4v) is 8.42. The van der Waals surface area contributed by atoms with Gasteiger partial charge in [0, 0.05) is 23.6 Å². The second-order valence-corrected chi connectivity index (χ2v) is 13.3. The number of carbonyl (C=O) groups is 4. The highest BCUT2D eigenvalue weighted by Crippen LogP contribution is 2.54. The quantitative estimate of drug-likeness (QED) is 0.182. The maximum atomic E-state index is 12.2. The number of rotatable bonds is 8. The zero-order valence-electron chi connectivity index (χ0n) is 23.9. The summed E-state index contributed by atoms with van der Waals surface area (Å²) in [6.07, 6.45) is 12.3. The van der Waals surface area contributed by atoms with Crippen LogP contribution in [0.3, 0.4) is 0 Å². The Balaban J connectivity index is 0.000000168. The van der Waals surface area contributed by atoms with E-state index in [1.807, 2.05) is 24.3 Å². The molecule has 0 radical (unpaired) electrons. The first kappa shape index (κ1) is 31.3. The van der Waals surface area contributed by atoms with E-state index in [4.69, 9.17) is 32.7 Å². The highest BCUT2D eigenvalue weighted by atomic mass is 35.5. The lowest BCUT2D eigenvalue weighted by molar-refractivity contribution is -0.239. The molecule has 6 aliphatic rings. The summed E-state index contributed by atoms with van der Waals surface area (Å²) < 4.78 is 10.7. The van der Waals surface area contributed by atoms with E-state index < -0.39 is 58.3 Å². The Bertz CT molecular complexity index is 1110. The molecule has 10 nitrogen and oxygen atoms in total. The van der Waals surface area contributed by atoms with Crippen molar-refractivity contribution in [3.63, 3.8) is 0 Å². The highest BCUT2D eigenvalue weighted by Gasteiger charge is 2.80. The van der Waals surface area contributed by atoms with Crippen LogP contribution in [0.4, 0.5) is 0 Å². The van der Waals surface area contributed by atoms with Crippen molar-refractivity contribution in [1.82, 2.24) is 10.6 Å². The molecule has 6 rings (SSSR count). The molecule has 4 N–H and O–H groups in total. The topological polar surface area (TPSA) is 151 Å². The van der Waals surface area contributed by atoms with Gasteiger partial charge in [0.2, 0.25) is 22.9 Å². The first-order valence-corrected chi connectivity index (χ1v) is 15.9. The van der Waals surface area contributed by atoms with Gasteiger partial charge in [0.05, 0.1) is 24.0 Å². The van der Waals surface area contributed by atoms with Crippen LogP contribution in [-0.4, -0.2) is 80.2 Å². The summed E-state index contributed by atoms with van der Waals surface area (Å²) in [5.74, 6) is -2.28. The van der Waals surface area contributed by atoms with Gasteiger partial charge in [-0.25, -0.2) is 9.59 Å². The van der Waals surface area contributed by atoms with Crippen LogP contribution in [-0.2, 0) is 28.7 Å². The van der Waals surface area contributed by atoms with Crippen molar-refractivity contribution in [2.75, 3.05) is 11.8 Å². The Kier molecular flexibility index (Phi) is 8.50. The molecule has 2 amide bonds. The minimum Gasteiger partial charge on any atom is -0.453 e. The molecular formula is C30H40Cl2N2O8. The summed E-state index contributed by atoms with van der Waals surface area (Å²) in [6.45, 7) is 3.44. The molecule has 4 heterocycles. The van der Waals surface area contributed by atoms with Gasteiger partial charge in [-0.1, -0.05) is 24.3 Å². The van der Waals surface area contributed by atoms with Gasteiger partial charge in [0.1, 0.15) is 0 Å². The summed E-state index contributed by atoms with van der Waals surface area (Å²) in [7, 11) is 0. The van der Waals surface area contributed by atoms with E-state index in [-0.39, 0.29) is 23.7 Å². The van der Waals surface area contributed by atoms with Crippen molar-refractivity contribution in [3.05, 3.63) is 24.3 Å². The summed E-state index contributed by atoms with van der Waals surface area (Å²) in [5.41, 5.74) is -4.68. The Hall–Kier alpha value is -2.14.